The molecule has 0 aliphatic carbocycles. The summed E-state index contributed by atoms with van der Waals surface area (Å²) < 4.78 is 5.52. The lowest BCUT2D eigenvalue weighted by Gasteiger charge is -2.35. The van der Waals surface area contributed by atoms with E-state index in [-0.39, 0.29) is 18.3 Å². The van der Waals surface area contributed by atoms with Crippen LogP contribution in [0.15, 0.2) is 29.3 Å². The van der Waals surface area contributed by atoms with Crippen LogP contribution in [0.1, 0.15) is 44.2 Å². The van der Waals surface area contributed by atoms with E-state index in [4.69, 9.17) is 4.74 Å². The van der Waals surface area contributed by atoms with Crippen LogP contribution in [0, 0.1) is 5.92 Å². The minimum atomic E-state index is -1.32. The molecule has 2 aliphatic rings. The van der Waals surface area contributed by atoms with Crippen molar-refractivity contribution in [2.45, 2.75) is 44.9 Å². The molecule has 0 saturated carbocycles. The van der Waals surface area contributed by atoms with Crippen molar-refractivity contribution < 1.29 is 24.5 Å². The number of carbonyl (C=O) groups is 2. The highest BCUT2D eigenvalue weighted by molar-refractivity contribution is 5.99. The minimum Gasteiger partial charge on any atom is -0.508 e. The number of amides is 3. The van der Waals surface area contributed by atoms with Crippen molar-refractivity contribution in [3.63, 3.8) is 0 Å². The molecule has 3 N–H and O–H groups in total. The maximum absolute atomic E-state index is 12.3. The van der Waals surface area contributed by atoms with Gasteiger partial charge in [0.25, 0.3) is 0 Å². The normalized spacial score (nSPS) is 23.7. The summed E-state index contributed by atoms with van der Waals surface area (Å²) in [7, 11) is 0. The second-order valence-electron chi connectivity index (χ2n) is 7.15. The second kappa shape index (κ2) is 9.16. The van der Waals surface area contributed by atoms with Gasteiger partial charge in [0.1, 0.15) is 12.4 Å². The third-order valence-corrected chi connectivity index (χ3v) is 5.25. The summed E-state index contributed by atoms with van der Waals surface area (Å²) in [5, 5.41) is 23.2. The number of hydrogen-bond acceptors (Lipinski definition) is 5. The van der Waals surface area contributed by atoms with Crippen LogP contribution in [0.3, 0.4) is 0 Å². The lowest BCUT2D eigenvalue weighted by Crippen LogP contribution is -2.47. The summed E-state index contributed by atoms with van der Waals surface area (Å²) in [6, 6.07) is 5.36. The molecule has 152 valence electrons. The number of phenolic OH excluding ortho intramolecular Hbond substituents is 1. The van der Waals surface area contributed by atoms with Gasteiger partial charge in [-0.15, -0.1) is 0 Å². The van der Waals surface area contributed by atoms with Crippen LogP contribution in [0.25, 0.3) is 0 Å². The summed E-state index contributed by atoms with van der Waals surface area (Å²) in [6.07, 6.45) is 2.22. The predicted octanol–water partition coefficient (Wildman–Crippen LogP) is 1.97. The van der Waals surface area contributed by atoms with Crippen molar-refractivity contribution in [1.82, 2.24) is 10.2 Å². The Morgan fingerprint density at radius 1 is 1.36 bits per heavy atom. The molecule has 1 aromatic rings. The van der Waals surface area contributed by atoms with E-state index in [1.807, 2.05) is 6.92 Å². The molecule has 1 saturated heterocycles. The molecule has 0 bridgehead atoms. The number of phenols is 1. The fourth-order valence-corrected chi connectivity index (χ4v) is 3.80. The van der Waals surface area contributed by atoms with Crippen LogP contribution in [0.2, 0.25) is 0 Å². The highest BCUT2D eigenvalue weighted by Gasteiger charge is 2.38. The Balaban J connectivity index is 1.75. The molecule has 8 heteroatoms. The number of piperidine rings is 1. The van der Waals surface area contributed by atoms with Crippen LogP contribution >= 0.6 is 0 Å². The molecular formula is C20H27N3O5. The molecular weight excluding hydrogens is 362 g/mol. The SMILES string of the molecule is CCC1=NC(=O)NC(c2cccc(O)c2)C1C(O)OCC(=O)N1CCCCC1. The number of aliphatic hydroxyl groups is 1. The van der Waals surface area contributed by atoms with E-state index in [1.54, 1.807) is 17.0 Å². The Morgan fingerprint density at radius 3 is 2.79 bits per heavy atom. The first-order valence-corrected chi connectivity index (χ1v) is 9.74. The molecule has 8 nitrogen and oxygen atoms in total. The van der Waals surface area contributed by atoms with Crippen LogP contribution < -0.4 is 5.32 Å². The summed E-state index contributed by atoms with van der Waals surface area (Å²) in [4.78, 5) is 30.1. The number of nitrogens with zero attached hydrogens (tertiary/aromatic N) is 2. The number of benzene rings is 1. The lowest BCUT2D eigenvalue weighted by atomic mass is 9.86. The number of rotatable bonds is 6. The second-order valence-corrected chi connectivity index (χ2v) is 7.15. The zero-order valence-electron chi connectivity index (χ0n) is 16.0. The highest BCUT2D eigenvalue weighted by Crippen LogP contribution is 2.32. The largest absolute Gasteiger partial charge is 0.508 e. The first-order chi connectivity index (χ1) is 13.5. The molecule has 28 heavy (non-hydrogen) atoms. The van der Waals surface area contributed by atoms with Gasteiger partial charge in [-0.25, -0.2) is 9.79 Å². The van der Waals surface area contributed by atoms with E-state index in [2.05, 4.69) is 10.3 Å². The van der Waals surface area contributed by atoms with Crippen molar-refractivity contribution in [2.24, 2.45) is 10.9 Å². The Bertz CT molecular complexity index is 745. The Morgan fingerprint density at radius 2 is 2.11 bits per heavy atom. The standard InChI is InChI=1S/C20H27N3O5/c1-2-15-17(19(26)28-12-16(25)23-9-4-3-5-10-23)18(22-20(27)21-15)13-7-6-8-14(24)11-13/h6-8,11,17-19,24,26H,2-5,9-10,12H2,1H3,(H,22,27). The molecule has 0 spiro atoms. The maximum atomic E-state index is 12.3. The van der Waals surface area contributed by atoms with Gasteiger partial charge in [-0.3, -0.25) is 4.79 Å². The number of aliphatic hydroxyl groups excluding tert-OH is 1. The molecule has 1 aromatic carbocycles. The molecule has 3 atom stereocenters. The van der Waals surface area contributed by atoms with Crippen LogP contribution in [0.4, 0.5) is 4.79 Å². The number of hydrogen-bond donors (Lipinski definition) is 3. The number of carbonyl (C=O) groups excluding carboxylic acids is 2. The van der Waals surface area contributed by atoms with Crippen molar-refractivity contribution in [3.05, 3.63) is 29.8 Å². The van der Waals surface area contributed by atoms with Gasteiger partial charge in [0.15, 0.2) is 6.29 Å². The Hall–Kier alpha value is -2.45. The molecule has 3 unspecified atom stereocenters. The van der Waals surface area contributed by atoms with E-state index in [0.717, 1.165) is 19.3 Å². The quantitative estimate of drug-likeness (QED) is 0.644. The molecule has 2 aliphatic heterocycles. The van der Waals surface area contributed by atoms with Crippen LogP contribution in [-0.2, 0) is 9.53 Å². The van der Waals surface area contributed by atoms with Gasteiger partial charge in [-0.1, -0.05) is 19.1 Å². The summed E-state index contributed by atoms with van der Waals surface area (Å²) in [5.41, 5.74) is 1.12. The minimum absolute atomic E-state index is 0.0572. The predicted molar refractivity (Wildman–Crippen MR) is 103 cm³/mol. The Labute approximate surface area is 164 Å². The fourth-order valence-electron chi connectivity index (χ4n) is 3.80. The molecule has 0 aromatic heterocycles. The third-order valence-electron chi connectivity index (χ3n) is 5.25. The van der Waals surface area contributed by atoms with Gasteiger partial charge < -0.3 is 25.2 Å². The number of aromatic hydroxyl groups is 1. The van der Waals surface area contributed by atoms with Crippen LogP contribution in [-0.4, -0.2) is 58.7 Å². The molecule has 3 amide bonds. The van der Waals surface area contributed by atoms with Gasteiger partial charge in [-0.2, -0.15) is 0 Å². The zero-order valence-corrected chi connectivity index (χ0v) is 16.0. The first-order valence-electron chi connectivity index (χ1n) is 9.74. The highest BCUT2D eigenvalue weighted by atomic mass is 16.6. The fraction of sp³-hybridized carbons (Fsp3) is 0.550. The van der Waals surface area contributed by atoms with Gasteiger partial charge in [-0.05, 0) is 43.4 Å². The van der Waals surface area contributed by atoms with Crippen molar-refractivity contribution in [3.8, 4) is 5.75 Å². The van der Waals surface area contributed by atoms with Gasteiger partial charge in [0, 0.05) is 18.8 Å². The summed E-state index contributed by atoms with van der Waals surface area (Å²) in [5.74, 6) is -0.747. The van der Waals surface area contributed by atoms with E-state index >= 15 is 0 Å². The first kappa shape index (κ1) is 20.3. The topological polar surface area (TPSA) is 111 Å². The number of urea groups is 1. The van der Waals surface area contributed by atoms with Gasteiger partial charge in [0.05, 0.1) is 12.0 Å². The maximum Gasteiger partial charge on any atom is 0.341 e. The number of nitrogens with one attached hydrogen (secondary N) is 1. The number of likely N-dealkylation sites (tertiary alicyclic amines) is 1. The Kier molecular flexibility index (Phi) is 6.64. The average Bonchev–Trinajstić information content (AvgIpc) is 2.71. The lowest BCUT2D eigenvalue weighted by molar-refractivity contribution is -0.158. The number of aliphatic imine (C=N–C) groups is 1. The van der Waals surface area contributed by atoms with E-state index in [9.17, 15) is 19.8 Å². The van der Waals surface area contributed by atoms with E-state index in [1.165, 1.54) is 12.1 Å². The average molecular weight is 389 g/mol. The number of ether oxygens (including phenoxy) is 1. The molecule has 3 rings (SSSR count). The zero-order chi connectivity index (χ0) is 20.1. The van der Waals surface area contributed by atoms with E-state index < -0.39 is 24.3 Å². The molecule has 2 heterocycles. The van der Waals surface area contributed by atoms with Crippen molar-refractivity contribution >= 4 is 17.6 Å². The van der Waals surface area contributed by atoms with Crippen molar-refractivity contribution in [1.29, 1.82) is 0 Å². The van der Waals surface area contributed by atoms with Crippen molar-refractivity contribution in [2.75, 3.05) is 19.7 Å². The third kappa shape index (κ3) is 4.69. The van der Waals surface area contributed by atoms with Crippen LogP contribution in [0.5, 0.6) is 5.75 Å². The summed E-state index contributed by atoms with van der Waals surface area (Å²) in [6.45, 7) is 3.04. The van der Waals surface area contributed by atoms with Gasteiger partial charge in [0.2, 0.25) is 5.91 Å². The smallest absolute Gasteiger partial charge is 0.341 e. The summed E-state index contributed by atoms with van der Waals surface area (Å²) >= 11 is 0. The van der Waals surface area contributed by atoms with Gasteiger partial charge >= 0.3 is 6.03 Å². The monoisotopic (exact) mass is 389 g/mol. The van der Waals surface area contributed by atoms with E-state index in [0.29, 0.717) is 30.8 Å². The molecule has 1 fully saturated rings. The molecule has 0 radical (unpaired) electrons.